The Labute approximate surface area is 457 Å². The minimum atomic E-state index is -1.20. The lowest BCUT2D eigenvalue weighted by atomic mass is 9.82. The number of amides is 6. The Kier molecular flexibility index (Phi) is 21.5. The number of cyclic esters (lactones) is 1. The van der Waals surface area contributed by atoms with Crippen LogP contribution in [0.15, 0.2) is 54.6 Å². The van der Waals surface area contributed by atoms with E-state index in [1.807, 2.05) is 71.0 Å². The van der Waals surface area contributed by atoms with Gasteiger partial charge in [0.15, 0.2) is 5.78 Å². The molecule has 0 saturated carbocycles. The molecule has 0 aliphatic carbocycles. The summed E-state index contributed by atoms with van der Waals surface area (Å²) in [7, 11) is 0. The van der Waals surface area contributed by atoms with Crippen LogP contribution >= 0.6 is 11.6 Å². The second-order valence-electron chi connectivity index (χ2n) is 23.0. The smallest absolute Gasteiger partial charge is 0.333 e. The second-order valence-corrected chi connectivity index (χ2v) is 23.4. The van der Waals surface area contributed by atoms with Crippen LogP contribution < -0.4 is 21.3 Å². The molecule has 3 aliphatic rings. The summed E-state index contributed by atoms with van der Waals surface area (Å²) in [5, 5.41) is 12.4. The Morgan fingerprint density at radius 1 is 0.870 bits per heavy atom. The van der Waals surface area contributed by atoms with Crippen LogP contribution in [0, 0.1) is 35.5 Å². The van der Waals surface area contributed by atoms with Crippen molar-refractivity contribution in [3.63, 3.8) is 0 Å². The first-order chi connectivity index (χ1) is 36.0. The van der Waals surface area contributed by atoms with E-state index in [2.05, 4.69) is 21.3 Å². The molecule has 6 amide bonds. The number of carbonyl (C=O) groups excluding carboxylic acids is 10. The Balaban J connectivity index is 1.19. The Hall–Kier alpha value is -6.27. The largest absolute Gasteiger partial charge is 0.460 e. The van der Waals surface area contributed by atoms with Gasteiger partial charge in [0.05, 0.1) is 17.6 Å². The van der Waals surface area contributed by atoms with Crippen molar-refractivity contribution in [2.75, 3.05) is 0 Å². The predicted molar refractivity (Wildman–Crippen MR) is 286 cm³/mol. The quantitative estimate of drug-likeness (QED) is 0.0606. The van der Waals surface area contributed by atoms with Gasteiger partial charge in [-0.3, -0.25) is 38.4 Å². The third kappa shape index (κ3) is 17.9. The van der Waals surface area contributed by atoms with Crippen LogP contribution in [0.2, 0.25) is 5.02 Å². The molecule has 19 heteroatoms. The lowest BCUT2D eigenvalue weighted by molar-refractivity contribution is -0.197. The molecule has 0 radical (unpaired) electrons. The van der Waals surface area contributed by atoms with Gasteiger partial charge in [0.2, 0.25) is 23.6 Å². The van der Waals surface area contributed by atoms with Crippen molar-refractivity contribution < 1.29 is 62.3 Å². The third-order valence-corrected chi connectivity index (χ3v) is 15.1. The van der Waals surface area contributed by atoms with E-state index in [9.17, 15) is 47.9 Å². The zero-order chi connectivity index (χ0) is 57.1. The lowest BCUT2D eigenvalue weighted by Gasteiger charge is -2.35. The number of nitrogens with one attached hydrogen (secondary N) is 4. The van der Waals surface area contributed by atoms with Crippen LogP contribution in [-0.4, -0.2) is 100 Å². The number of epoxide rings is 1. The van der Waals surface area contributed by atoms with E-state index >= 15 is 0 Å². The summed E-state index contributed by atoms with van der Waals surface area (Å²) in [6.07, 6.45) is 2.20. The van der Waals surface area contributed by atoms with Gasteiger partial charge < -0.3 is 35.6 Å². The molecule has 9 atom stereocenters. The molecule has 2 saturated heterocycles. The van der Waals surface area contributed by atoms with Crippen LogP contribution in [-0.2, 0) is 75.1 Å². The van der Waals surface area contributed by atoms with Gasteiger partial charge in [-0.1, -0.05) is 95.6 Å². The predicted octanol–water partition coefficient (Wildman–Crippen LogP) is 6.79. The number of rotatable bonds is 20. The van der Waals surface area contributed by atoms with Gasteiger partial charge >= 0.3 is 11.9 Å². The first-order valence-electron chi connectivity index (χ1n) is 26.7. The Bertz CT molecular complexity index is 2560. The normalized spacial score (nSPS) is 23.9. The van der Waals surface area contributed by atoms with Gasteiger partial charge in [0.1, 0.15) is 30.1 Å². The van der Waals surface area contributed by atoms with Crippen molar-refractivity contribution in [3.8, 4) is 0 Å². The number of imide groups is 1. The molecular formula is C58H78ClN5O13. The number of hydrogen-bond acceptors (Lipinski definition) is 13. The van der Waals surface area contributed by atoms with E-state index in [4.69, 9.17) is 25.9 Å². The number of carbonyl (C=O) groups is 10. The monoisotopic (exact) mass is 1090 g/mol. The minimum Gasteiger partial charge on any atom is -0.460 e. The average molecular weight is 1090 g/mol. The summed E-state index contributed by atoms with van der Waals surface area (Å²) in [5.41, 5.74) is 1.73. The topological polar surface area (TPSA) is 253 Å². The summed E-state index contributed by atoms with van der Waals surface area (Å²) in [6, 6.07) is 9.46. The van der Waals surface area contributed by atoms with E-state index in [-0.39, 0.29) is 99.8 Å². The maximum absolute atomic E-state index is 14.2. The summed E-state index contributed by atoms with van der Waals surface area (Å²) >= 11 is 6.42. The number of ketones is 2. The van der Waals surface area contributed by atoms with E-state index in [0.29, 0.717) is 16.5 Å². The van der Waals surface area contributed by atoms with E-state index in [0.717, 1.165) is 22.3 Å². The molecule has 77 heavy (non-hydrogen) atoms. The molecule has 18 nitrogen and oxygen atoms in total. The maximum atomic E-state index is 14.2. The molecule has 2 aromatic carbocycles. The van der Waals surface area contributed by atoms with E-state index in [1.165, 1.54) is 6.08 Å². The molecule has 420 valence electrons. The van der Waals surface area contributed by atoms with Crippen molar-refractivity contribution in [1.82, 2.24) is 26.3 Å². The van der Waals surface area contributed by atoms with Crippen molar-refractivity contribution in [3.05, 3.63) is 81.9 Å². The second kappa shape index (κ2) is 26.9. The van der Waals surface area contributed by atoms with E-state index in [1.54, 1.807) is 53.7 Å². The van der Waals surface area contributed by atoms with Crippen molar-refractivity contribution in [2.24, 2.45) is 28.6 Å². The summed E-state index contributed by atoms with van der Waals surface area (Å²) in [5.74, 6) is -6.32. The Morgan fingerprint density at radius 2 is 1.52 bits per heavy atom. The zero-order valence-corrected chi connectivity index (χ0v) is 47.1. The van der Waals surface area contributed by atoms with Gasteiger partial charge in [-0.2, -0.15) is 0 Å². The maximum Gasteiger partial charge on any atom is 0.333 e. The molecule has 0 bridgehead atoms. The molecule has 2 fully saturated rings. The first kappa shape index (κ1) is 61.6. The number of ether oxygens (including phenoxy) is 2. The fourth-order valence-corrected chi connectivity index (χ4v) is 9.36. The first-order valence-corrected chi connectivity index (χ1v) is 27.1. The Morgan fingerprint density at radius 3 is 2.14 bits per heavy atom. The van der Waals surface area contributed by atoms with Gasteiger partial charge in [0, 0.05) is 74.3 Å². The number of esters is 1. The highest BCUT2D eigenvalue weighted by atomic mass is 35.5. The highest BCUT2D eigenvalue weighted by molar-refractivity contribution is 6.31. The fourth-order valence-electron chi connectivity index (χ4n) is 9.16. The number of Topliss-reactive ketones (excluding diaryl/α,β-unsaturated/α-hetero) is 2. The van der Waals surface area contributed by atoms with Gasteiger partial charge in [-0.05, 0) is 99.6 Å². The van der Waals surface area contributed by atoms with Crippen LogP contribution in [0.5, 0.6) is 0 Å². The highest BCUT2D eigenvalue weighted by Gasteiger charge is 2.48. The van der Waals surface area contributed by atoms with Crippen LogP contribution in [0.3, 0.4) is 0 Å². The van der Waals surface area contributed by atoms with Crippen LogP contribution in [0.1, 0.15) is 155 Å². The molecule has 5 rings (SSSR count). The average Bonchev–Trinajstić information content (AvgIpc) is 4.10. The third-order valence-electron chi connectivity index (χ3n) is 14.7. The number of aryl methyl sites for hydroxylation is 2. The summed E-state index contributed by atoms with van der Waals surface area (Å²) in [4.78, 5) is 136. The van der Waals surface area contributed by atoms with Crippen molar-refractivity contribution in [2.45, 2.75) is 189 Å². The number of nitrogens with zero attached hydrogens (tertiary/aromatic N) is 1. The van der Waals surface area contributed by atoms with Crippen molar-refractivity contribution >= 4 is 70.5 Å². The van der Waals surface area contributed by atoms with Gasteiger partial charge in [-0.15, -0.1) is 5.06 Å². The summed E-state index contributed by atoms with van der Waals surface area (Å²) in [6.45, 7) is 19.9. The minimum absolute atomic E-state index is 0.0152. The number of halogens is 1. The number of hydroxylamine groups is 2. The zero-order valence-electron chi connectivity index (χ0n) is 46.4. The molecular weight excluding hydrogens is 1010 g/mol. The number of hydrogen-bond donors (Lipinski definition) is 4. The standard InChI is InChI=1S/C58H78ClN5O13/c1-32(2)41(30-40(65)14-12-17-50(70)77-64-48(68)26-27-49(64)69)53(71)60-35(5)45(66)25-22-37-20-23-39(24-21-37)52-51(76-52)34(4)46-15-13-16-47(67)62-43(29-38-19-18-33(3)42(59)28-38)54(72)61-36(6)58(10,11)56(74)63-44(55(73)75-46)31-57(7,8)9/h13,16,18-21,23-24,28,32,34-36,41,43-44,46,51-52H,12,14-15,17,22,25-27,29-31H2,1-11H3,(H,60,71)(H,61,72)(H,62,67)(H,63,74)/b16-13+/t34-,35-,36?,41-,43+,44-,46-,51+,52+/m0/s1. The van der Waals surface area contributed by atoms with E-state index < -0.39 is 94.4 Å². The highest BCUT2D eigenvalue weighted by Crippen LogP contribution is 2.45. The fraction of sp³-hybridized carbons (Fsp3) is 0.586. The molecule has 1 unspecified atom stereocenters. The number of benzene rings is 2. The molecule has 4 N–H and O–H groups in total. The lowest BCUT2D eigenvalue weighted by Crippen LogP contribution is -2.58. The summed E-state index contributed by atoms with van der Waals surface area (Å²) < 4.78 is 12.5. The molecule has 0 spiro atoms. The van der Waals surface area contributed by atoms with Crippen LogP contribution in [0.4, 0.5) is 0 Å². The van der Waals surface area contributed by atoms with Crippen LogP contribution in [0.25, 0.3) is 0 Å². The van der Waals surface area contributed by atoms with Crippen molar-refractivity contribution in [1.29, 1.82) is 0 Å². The molecule has 0 aromatic heterocycles. The van der Waals surface area contributed by atoms with Gasteiger partial charge in [0.25, 0.3) is 11.8 Å². The molecule has 3 aliphatic heterocycles. The SMILES string of the molecule is Cc1ccc(C[C@H]2NC(=O)/C=C/C[C@@H]([C@H](C)[C@H]3O[C@@H]3c3ccc(CCC(=O)[C@H](C)NC(=O)[C@@H](CC(=O)CCCC(=O)ON4C(=O)CCC4=O)C(C)C)cc3)OC(=O)[C@H](CC(C)(C)C)NC(=O)C(C)(C)C(C)NC2=O)cc1Cl. The molecule has 3 heterocycles. The molecule has 2 aromatic rings. The van der Waals surface area contributed by atoms with Gasteiger partial charge in [-0.25, -0.2) is 9.59 Å².